The molecule has 0 saturated heterocycles. The molecule has 0 N–H and O–H groups in total. The summed E-state index contributed by atoms with van der Waals surface area (Å²) >= 11 is 7.28. The fourth-order valence-corrected chi connectivity index (χ4v) is 5.40. The van der Waals surface area contributed by atoms with Gasteiger partial charge in [-0.2, -0.15) is 5.10 Å². The molecule has 5 rings (SSSR count). The van der Waals surface area contributed by atoms with Crippen LogP contribution in [0.1, 0.15) is 35.4 Å². The Balaban J connectivity index is 1.61. The number of pyridine rings is 1. The fourth-order valence-electron chi connectivity index (χ4n) is 4.05. The Bertz CT molecular complexity index is 1170. The number of hydrogen-bond donors (Lipinski definition) is 0. The number of methoxy groups -OCH3 is 2. The number of ether oxygens (including phenoxy) is 3. The Labute approximate surface area is 197 Å². The average Bonchev–Trinajstić information content (AvgIpc) is 3.24. The molecule has 2 aliphatic rings. The van der Waals surface area contributed by atoms with E-state index >= 15 is 0 Å². The summed E-state index contributed by atoms with van der Waals surface area (Å²) in [5, 5.41) is 7.03. The zero-order chi connectivity index (χ0) is 21.5. The summed E-state index contributed by atoms with van der Waals surface area (Å²) in [5.41, 5.74) is 3.99. The zero-order valence-corrected chi connectivity index (χ0v) is 20.1. The van der Waals surface area contributed by atoms with Crippen LogP contribution in [0.5, 0.6) is 17.2 Å². The Kier molecular flexibility index (Phi) is 5.35. The third kappa shape index (κ3) is 3.57. The molecule has 2 aromatic carbocycles. The van der Waals surface area contributed by atoms with Gasteiger partial charge in [0.05, 0.1) is 30.4 Å². The molecule has 0 fully saturated rings. The van der Waals surface area contributed by atoms with Crippen molar-refractivity contribution in [2.75, 3.05) is 14.2 Å². The van der Waals surface area contributed by atoms with E-state index in [0.29, 0.717) is 11.5 Å². The van der Waals surface area contributed by atoms with Crippen molar-refractivity contribution in [2.45, 2.75) is 18.7 Å². The Morgan fingerprint density at radius 2 is 1.90 bits per heavy atom. The van der Waals surface area contributed by atoms with Crippen molar-refractivity contribution in [1.29, 1.82) is 0 Å². The first kappa shape index (κ1) is 20.3. The van der Waals surface area contributed by atoms with Crippen molar-refractivity contribution >= 4 is 37.6 Å². The normalized spacial score (nSPS) is 19.2. The van der Waals surface area contributed by atoms with Crippen LogP contribution in [0.25, 0.3) is 0 Å². The molecule has 0 aliphatic carbocycles. The van der Waals surface area contributed by atoms with Crippen LogP contribution in [0.4, 0.5) is 0 Å². The predicted octanol–water partition coefficient (Wildman–Crippen LogP) is 5.87. The van der Waals surface area contributed by atoms with Gasteiger partial charge in [0.15, 0.2) is 11.5 Å². The molecular weight excluding hydrogens is 526 g/mol. The Morgan fingerprint density at radius 3 is 2.65 bits per heavy atom. The SMILES string of the molecule is COc1ccc(C2=NN3[C@@H](C2)c2cc(Br)cc(Br)c2O[C@H]3c2cccnc2)cc1OC. The third-order valence-electron chi connectivity index (χ3n) is 5.49. The van der Waals surface area contributed by atoms with Gasteiger partial charge in [-0.15, -0.1) is 0 Å². The lowest BCUT2D eigenvalue weighted by Crippen LogP contribution is -2.34. The maximum atomic E-state index is 6.45. The maximum absolute atomic E-state index is 6.45. The predicted molar refractivity (Wildman–Crippen MR) is 125 cm³/mol. The number of fused-ring (bicyclic) bond motifs is 3. The van der Waals surface area contributed by atoms with Crippen LogP contribution in [0.2, 0.25) is 0 Å². The van der Waals surface area contributed by atoms with Crippen molar-refractivity contribution in [2.24, 2.45) is 5.10 Å². The Hall–Kier alpha value is -2.58. The highest BCUT2D eigenvalue weighted by Crippen LogP contribution is 2.51. The maximum Gasteiger partial charge on any atom is 0.215 e. The number of benzene rings is 2. The van der Waals surface area contributed by atoms with Gasteiger partial charge in [-0.05, 0) is 52.3 Å². The molecular formula is C23H19Br2N3O3. The van der Waals surface area contributed by atoms with Crippen molar-refractivity contribution in [3.05, 3.63) is 80.5 Å². The number of rotatable bonds is 4. The monoisotopic (exact) mass is 543 g/mol. The van der Waals surface area contributed by atoms with Crippen molar-refractivity contribution in [3.63, 3.8) is 0 Å². The van der Waals surface area contributed by atoms with Crippen LogP contribution in [-0.4, -0.2) is 29.9 Å². The minimum absolute atomic E-state index is 0.0332. The van der Waals surface area contributed by atoms with Gasteiger partial charge in [-0.3, -0.25) is 4.98 Å². The van der Waals surface area contributed by atoms with Gasteiger partial charge in [-0.1, -0.05) is 22.0 Å². The van der Waals surface area contributed by atoms with Gasteiger partial charge in [0.25, 0.3) is 0 Å². The van der Waals surface area contributed by atoms with E-state index < -0.39 is 0 Å². The van der Waals surface area contributed by atoms with Crippen LogP contribution in [0, 0.1) is 0 Å². The first-order valence-corrected chi connectivity index (χ1v) is 11.3. The summed E-state index contributed by atoms with van der Waals surface area (Å²) in [6.45, 7) is 0. The van der Waals surface area contributed by atoms with E-state index in [4.69, 9.17) is 19.3 Å². The lowest BCUT2D eigenvalue weighted by Gasteiger charge is -2.38. The van der Waals surface area contributed by atoms with E-state index in [2.05, 4.69) is 42.9 Å². The molecule has 0 saturated carbocycles. The third-order valence-corrected chi connectivity index (χ3v) is 6.54. The van der Waals surface area contributed by atoms with Crippen LogP contribution < -0.4 is 14.2 Å². The second-order valence-electron chi connectivity index (χ2n) is 7.28. The van der Waals surface area contributed by atoms with Crippen LogP contribution in [-0.2, 0) is 0 Å². The van der Waals surface area contributed by atoms with E-state index in [9.17, 15) is 0 Å². The molecule has 0 unspecified atom stereocenters. The second kappa shape index (κ2) is 8.16. The molecule has 158 valence electrons. The zero-order valence-electron chi connectivity index (χ0n) is 16.9. The van der Waals surface area contributed by atoms with Crippen molar-refractivity contribution in [3.8, 4) is 17.2 Å². The lowest BCUT2D eigenvalue weighted by molar-refractivity contribution is -0.0199. The summed E-state index contributed by atoms with van der Waals surface area (Å²) in [5.74, 6) is 2.21. The van der Waals surface area contributed by atoms with Gasteiger partial charge in [-0.25, -0.2) is 5.01 Å². The molecule has 0 bridgehead atoms. The molecule has 0 spiro atoms. The standard InChI is InChI=1S/C23H19Br2N3O3/c1-29-20-6-5-13(8-21(20)30-2)18-11-19-16-9-15(24)10-17(25)22(16)31-23(28(19)27-18)14-4-3-7-26-12-14/h3-10,12,19,23H,11H2,1-2H3/t19-,23-/m0/s1. The van der Waals surface area contributed by atoms with Gasteiger partial charge in [0.1, 0.15) is 5.75 Å². The fraction of sp³-hybridized carbons (Fsp3) is 0.217. The lowest BCUT2D eigenvalue weighted by atomic mass is 9.96. The smallest absolute Gasteiger partial charge is 0.215 e. The molecule has 0 amide bonds. The van der Waals surface area contributed by atoms with Gasteiger partial charge in [0, 0.05) is 40.0 Å². The highest BCUT2D eigenvalue weighted by molar-refractivity contribution is 9.11. The summed E-state index contributed by atoms with van der Waals surface area (Å²) in [7, 11) is 3.27. The van der Waals surface area contributed by atoms with Crippen LogP contribution in [0.15, 0.2) is 68.9 Å². The Morgan fingerprint density at radius 1 is 1.06 bits per heavy atom. The molecule has 6 nitrogen and oxygen atoms in total. The summed E-state index contributed by atoms with van der Waals surface area (Å²) in [6.07, 6.45) is 3.95. The highest BCUT2D eigenvalue weighted by Gasteiger charge is 2.42. The summed E-state index contributed by atoms with van der Waals surface area (Å²) < 4.78 is 19.2. The minimum atomic E-state index is -0.374. The quantitative estimate of drug-likeness (QED) is 0.411. The van der Waals surface area contributed by atoms with E-state index in [0.717, 1.165) is 43.5 Å². The van der Waals surface area contributed by atoms with E-state index in [-0.39, 0.29) is 12.3 Å². The molecule has 8 heteroatoms. The minimum Gasteiger partial charge on any atom is -0.493 e. The largest absolute Gasteiger partial charge is 0.493 e. The van der Waals surface area contributed by atoms with Crippen LogP contribution >= 0.6 is 31.9 Å². The first-order chi connectivity index (χ1) is 15.1. The summed E-state index contributed by atoms with van der Waals surface area (Å²) in [6, 6.07) is 13.9. The average molecular weight is 545 g/mol. The molecule has 1 aromatic heterocycles. The van der Waals surface area contributed by atoms with Gasteiger partial charge < -0.3 is 14.2 Å². The topological polar surface area (TPSA) is 56.2 Å². The molecule has 3 heterocycles. The van der Waals surface area contributed by atoms with Crippen molar-refractivity contribution in [1.82, 2.24) is 9.99 Å². The molecule has 0 radical (unpaired) electrons. The molecule has 3 aromatic rings. The molecule has 2 atom stereocenters. The van der Waals surface area contributed by atoms with Crippen molar-refractivity contribution < 1.29 is 14.2 Å². The number of hydrazone groups is 1. The number of halogens is 2. The van der Waals surface area contributed by atoms with Gasteiger partial charge in [0.2, 0.25) is 6.23 Å². The number of aromatic nitrogens is 1. The first-order valence-electron chi connectivity index (χ1n) is 9.72. The molecule has 2 aliphatic heterocycles. The second-order valence-corrected chi connectivity index (χ2v) is 9.05. The van der Waals surface area contributed by atoms with E-state index in [1.54, 1.807) is 20.4 Å². The van der Waals surface area contributed by atoms with Gasteiger partial charge >= 0.3 is 0 Å². The number of nitrogens with zero attached hydrogens (tertiary/aromatic N) is 3. The van der Waals surface area contributed by atoms with E-state index in [1.165, 1.54) is 0 Å². The highest BCUT2D eigenvalue weighted by atomic mass is 79.9. The summed E-state index contributed by atoms with van der Waals surface area (Å²) in [4.78, 5) is 4.28. The van der Waals surface area contributed by atoms with E-state index in [1.807, 2.05) is 47.6 Å². The van der Waals surface area contributed by atoms with Crippen LogP contribution in [0.3, 0.4) is 0 Å². The number of hydrogen-bond acceptors (Lipinski definition) is 6. The molecule has 31 heavy (non-hydrogen) atoms.